The lowest BCUT2D eigenvalue weighted by atomic mass is 10.2. The van der Waals surface area contributed by atoms with Crippen molar-refractivity contribution in [1.29, 1.82) is 0 Å². The van der Waals surface area contributed by atoms with Crippen LogP contribution in [0.1, 0.15) is 25.3 Å². The molecular weight excluding hydrogens is 174 g/mol. The van der Waals surface area contributed by atoms with Crippen LogP contribution in [0.3, 0.4) is 0 Å². The minimum atomic E-state index is 0.250. The van der Waals surface area contributed by atoms with Gasteiger partial charge in [-0.05, 0) is 50.9 Å². The summed E-state index contributed by atoms with van der Waals surface area (Å²) in [6.45, 7) is 4.89. The molecule has 14 heavy (non-hydrogen) atoms. The van der Waals surface area contributed by atoms with Crippen LogP contribution in [0.25, 0.3) is 0 Å². The fourth-order valence-electron chi connectivity index (χ4n) is 1.39. The summed E-state index contributed by atoms with van der Waals surface area (Å²) in [5.74, 6) is 0.953. The average Bonchev–Trinajstić information content (AvgIpc) is 2.15. The quantitative estimate of drug-likeness (QED) is 0.779. The van der Waals surface area contributed by atoms with Crippen LogP contribution in [0.2, 0.25) is 0 Å². The summed E-state index contributed by atoms with van der Waals surface area (Å²) in [5, 5.41) is 0. The standard InChI is InChI=1S/C12H19NO/c1-10-5-3-7-12(9-10)14-11(2)6-4-8-13/h3,5,7,9,11H,4,6,8,13H2,1-2H3. The van der Waals surface area contributed by atoms with Gasteiger partial charge in [-0.3, -0.25) is 0 Å². The molecule has 1 aromatic carbocycles. The zero-order chi connectivity index (χ0) is 10.4. The van der Waals surface area contributed by atoms with Gasteiger partial charge in [0.15, 0.2) is 0 Å². The molecule has 0 radical (unpaired) electrons. The second-order valence-corrected chi connectivity index (χ2v) is 3.68. The van der Waals surface area contributed by atoms with Crippen molar-refractivity contribution < 1.29 is 4.74 Å². The lowest BCUT2D eigenvalue weighted by Crippen LogP contribution is -2.13. The molecule has 0 saturated carbocycles. The van der Waals surface area contributed by atoms with Crippen LogP contribution in [0.5, 0.6) is 5.75 Å². The summed E-state index contributed by atoms with van der Waals surface area (Å²) in [7, 11) is 0. The zero-order valence-electron chi connectivity index (χ0n) is 8.99. The molecule has 78 valence electrons. The second-order valence-electron chi connectivity index (χ2n) is 3.68. The number of hydrogen-bond acceptors (Lipinski definition) is 2. The number of aryl methyl sites for hydroxylation is 1. The van der Waals surface area contributed by atoms with Gasteiger partial charge in [-0.25, -0.2) is 0 Å². The fraction of sp³-hybridized carbons (Fsp3) is 0.500. The molecule has 0 heterocycles. The number of hydrogen-bond donors (Lipinski definition) is 1. The molecule has 0 saturated heterocycles. The summed E-state index contributed by atoms with van der Waals surface area (Å²) in [6.07, 6.45) is 2.29. The molecule has 0 amide bonds. The SMILES string of the molecule is Cc1cccc(OC(C)CCCN)c1. The van der Waals surface area contributed by atoms with Gasteiger partial charge in [0.25, 0.3) is 0 Å². The highest BCUT2D eigenvalue weighted by molar-refractivity contribution is 5.27. The Morgan fingerprint density at radius 2 is 2.21 bits per heavy atom. The Labute approximate surface area is 86.1 Å². The molecule has 0 fully saturated rings. The van der Waals surface area contributed by atoms with Crippen molar-refractivity contribution in [2.75, 3.05) is 6.54 Å². The van der Waals surface area contributed by atoms with Gasteiger partial charge in [-0.1, -0.05) is 12.1 Å². The van der Waals surface area contributed by atoms with Crippen LogP contribution in [-0.4, -0.2) is 12.6 Å². The van der Waals surface area contributed by atoms with Crippen LogP contribution in [0.4, 0.5) is 0 Å². The Balaban J connectivity index is 2.43. The molecule has 0 aliphatic heterocycles. The van der Waals surface area contributed by atoms with E-state index in [1.807, 2.05) is 12.1 Å². The summed E-state index contributed by atoms with van der Waals surface area (Å²) >= 11 is 0. The van der Waals surface area contributed by atoms with Crippen LogP contribution in [0, 0.1) is 6.92 Å². The van der Waals surface area contributed by atoms with Crippen LogP contribution < -0.4 is 10.5 Å². The van der Waals surface area contributed by atoms with Crippen molar-refractivity contribution in [3.8, 4) is 5.75 Å². The van der Waals surface area contributed by atoms with E-state index < -0.39 is 0 Å². The Morgan fingerprint density at radius 1 is 1.43 bits per heavy atom. The van der Waals surface area contributed by atoms with E-state index in [-0.39, 0.29) is 6.10 Å². The molecule has 0 spiro atoms. The molecule has 1 atom stereocenters. The van der Waals surface area contributed by atoms with Crippen molar-refractivity contribution in [2.45, 2.75) is 32.8 Å². The van der Waals surface area contributed by atoms with E-state index >= 15 is 0 Å². The van der Waals surface area contributed by atoms with Gasteiger partial charge in [0.1, 0.15) is 5.75 Å². The highest BCUT2D eigenvalue weighted by Gasteiger charge is 2.02. The van der Waals surface area contributed by atoms with Gasteiger partial charge in [0, 0.05) is 0 Å². The third-order valence-corrected chi connectivity index (χ3v) is 2.14. The smallest absolute Gasteiger partial charge is 0.119 e. The van der Waals surface area contributed by atoms with E-state index in [1.54, 1.807) is 0 Å². The van der Waals surface area contributed by atoms with Gasteiger partial charge in [-0.15, -0.1) is 0 Å². The molecule has 0 bridgehead atoms. The lowest BCUT2D eigenvalue weighted by Gasteiger charge is -2.14. The van der Waals surface area contributed by atoms with Crippen LogP contribution >= 0.6 is 0 Å². The van der Waals surface area contributed by atoms with Gasteiger partial charge in [-0.2, -0.15) is 0 Å². The van der Waals surface area contributed by atoms with E-state index in [0.29, 0.717) is 0 Å². The molecule has 0 aromatic heterocycles. The Kier molecular flexibility index (Phi) is 4.47. The number of rotatable bonds is 5. The Bertz CT molecular complexity index is 273. The first-order valence-electron chi connectivity index (χ1n) is 5.16. The predicted octanol–water partition coefficient (Wildman–Crippen LogP) is 2.50. The van der Waals surface area contributed by atoms with Crippen molar-refractivity contribution in [3.63, 3.8) is 0 Å². The minimum absolute atomic E-state index is 0.250. The molecule has 1 aromatic rings. The van der Waals surface area contributed by atoms with Crippen LogP contribution in [0.15, 0.2) is 24.3 Å². The molecule has 0 aliphatic rings. The second kappa shape index (κ2) is 5.66. The maximum atomic E-state index is 5.74. The Morgan fingerprint density at radius 3 is 2.86 bits per heavy atom. The third-order valence-electron chi connectivity index (χ3n) is 2.14. The highest BCUT2D eigenvalue weighted by Crippen LogP contribution is 2.15. The summed E-state index contributed by atoms with van der Waals surface area (Å²) in [5.41, 5.74) is 6.67. The first-order chi connectivity index (χ1) is 6.72. The van der Waals surface area contributed by atoms with Gasteiger partial charge < -0.3 is 10.5 Å². The number of ether oxygens (including phenoxy) is 1. The van der Waals surface area contributed by atoms with Crippen molar-refractivity contribution in [3.05, 3.63) is 29.8 Å². The molecule has 2 heteroatoms. The normalized spacial score (nSPS) is 12.5. The van der Waals surface area contributed by atoms with Crippen LogP contribution in [-0.2, 0) is 0 Å². The lowest BCUT2D eigenvalue weighted by molar-refractivity contribution is 0.208. The topological polar surface area (TPSA) is 35.2 Å². The van der Waals surface area contributed by atoms with Gasteiger partial charge >= 0.3 is 0 Å². The first-order valence-corrected chi connectivity index (χ1v) is 5.16. The molecule has 2 nitrogen and oxygen atoms in total. The van der Waals surface area contributed by atoms with Crippen molar-refractivity contribution in [1.82, 2.24) is 0 Å². The van der Waals surface area contributed by atoms with E-state index in [0.717, 1.165) is 25.1 Å². The Hall–Kier alpha value is -1.02. The number of benzene rings is 1. The molecule has 1 rings (SSSR count). The first kappa shape index (κ1) is 11.1. The van der Waals surface area contributed by atoms with E-state index in [4.69, 9.17) is 10.5 Å². The largest absolute Gasteiger partial charge is 0.491 e. The highest BCUT2D eigenvalue weighted by atomic mass is 16.5. The van der Waals surface area contributed by atoms with Gasteiger partial charge in [0.2, 0.25) is 0 Å². The van der Waals surface area contributed by atoms with E-state index in [1.165, 1.54) is 5.56 Å². The van der Waals surface area contributed by atoms with E-state index in [9.17, 15) is 0 Å². The third kappa shape index (κ3) is 3.79. The van der Waals surface area contributed by atoms with Gasteiger partial charge in [0.05, 0.1) is 6.10 Å². The van der Waals surface area contributed by atoms with E-state index in [2.05, 4.69) is 26.0 Å². The summed E-state index contributed by atoms with van der Waals surface area (Å²) in [4.78, 5) is 0. The molecule has 1 unspecified atom stereocenters. The molecular formula is C12H19NO. The molecule has 0 aliphatic carbocycles. The zero-order valence-corrected chi connectivity index (χ0v) is 8.99. The summed E-state index contributed by atoms with van der Waals surface area (Å²) in [6, 6.07) is 8.13. The summed E-state index contributed by atoms with van der Waals surface area (Å²) < 4.78 is 5.74. The molecule has 2 N–H and O–H groups in total. The van der Waals surface area contributed by atoms with Crippen molar-refractivity contribution in [2.24, 2.45) is 5.73 Å². The fourth-order valence-corrected chi connectivity index (χ4v) is 1.39. The monoisotopic (exact) mass is 193 g/mol. The predicted molar refractivity (Wildman–Crippen MR) is 59.6 cm³/mol. The maximum Gasteiger partial charge on any atom is 0.119 e. The average molecular weight is 193 g/mol. The minimum Gasteiger partial charge on any atom is -0.491 e. The number of nitrogens with two attached hydrogens (primary N) is 1. The van der Waals surface area contributed by atoms with Crippen molar-refractivity contribution >= 4 is 0 Å². The maximum absolute atomic E-state index is 5.74.